The van der Waals surface area contributed by atoms with Crippen LogP contribution in [0.25, 0.3) is 0 Å². The number of hydrogen-bond donors (Lipinski definition) is 1. The molecule has 2 N–H and O–H groups in total. The van der Waals surface area contributed by atoms with Gasteiger partial charge in [0.15, 0.2) is 6.04 Å². The van der Waals surface area contributed by atoms with Gasteiger partial charge in [0.1, 0.15) is 10.7 Å². The summed E-state index contributed by atoms with van der Waals surface area (Å²) in [6.07, 6.45) is -1.65. The lowest BCUT2D eigenvalue weighted by Gasteiger charge is -2.35. The number of rotatable bonds is 7. The molecule has 0 fully saturated rings. The van der Waals surface area contributed by atoms with E-state index in [9.17, 15) is 13.2 Å². The second kappa shape index (κ2) is 15.1. The summed E-state index contributed by atoms with van der Waals surface area (Å²) in [7, 11) is 1.41. The molecule has 0 bridgehead atoms. The summed E-state index contributed by atoms with van der Waals surface area (Å²) < 4.78 is 44.8. The molecule has 0 spiro atoms. The second-order valence-electron chi connectivity index (χ2n) is 10.9. The maximum Gasteiger partial charge on any atom is 0.410 e. The summed E-state index contributed by atoms with van der Waals surface area (Å²) >= 11 is 7.53. The maximum atomic E-state index is 14.7. The van der Waals surface area contributed by atoms with Gasteiger partial charge in [-0.05, 0) is 44.5 Å². The Hall–Kier alpha value is -3.33. The summed E-state index contributed by atoms with van der Waals surface area (Å²) in [6, 6.07) is 26.9. The van der Waals surface area contributed by atoms with E-state index in [0.29, 0.717) is 0 Å². The van der Waals surface area contributed by atoms with E-state index in [2.05, 4.69) is 4.99 Å². The van der Waals surface area contributed by atoms with Gasteiger partial charge in [-0.2, -0.15) is 13.2 Å². The summed E-state index contributed by atoms with van der Waals surface area (Å²) in [4.78, 5) is 9.55. The maximum absolute atomic E-state index is 14.7. The first-order valence-electron chi connectivity index (χ1n) is 14.5. The molecule has 1 unspecified atom stereocenters. The molecule has 0 radical (unpaired) electrons. The van der Waals surface area contributed by atoms with E-state index in [-0.39, 0.29) is 28.6 Å². The van der Waals surface area contributed by atoms with Crippen LogP contribution in [-0.4, -0.2) is 40.2 Å². The average molecular weight is 641 g/mol. The largest absolute Gasteiger partial charge is 0.410 e. The van der Waals surface area contributed by atoms with Crippen molar-refractivity contribution in [1.82, 2.24) is 4.31 Å². The minimum atomic E-state index is -4.65. The Morgan fingerprint density at radius 2 is 1.30 bits per heavy atom. The molecule has 1 heterocycles. The molecule has 0 amide bonds. The van der Waals surface area contributed by atoms with Crippen LogP contribution in [0.1, 0.15) is 57.7 Å². The van der Waals surface area contributed by atoms with Crippen molar-refractivity contribution in [3.63, 3.8) is 0 Å². The van der Waals surface area contributed by atoms with Crippen LogP contribution < -0.4 is 5.73 Å². The predicted octanol–water partition coefficient (Wildman–Crippen LogP) is 9.52. The Morgan fingerprint density at radius 1 is 0.864 bits per heavy atom. The second-order valence-corrected chi connectivity index (χ2v) is 13.3. The third-order valence-corrected chi connectivity index (χ3v) is 7.93. The monoisotopic (exact) mass is 640 g/mol. The molecular formula is C35H40ClF3N4S. The molecule has 1 aliphatic rings. The first-order chi connectivity index (χ1) is 20.8. The Bertz CT molecular complexity index is 1380. The van der Waals surface area contributed by atoms with Gasteiger partial charge in [0.2, 0.25) is 0 Å². The molecule has 234 valence electrons. The van der Waals surface area contributed by atoms with Crippen molar-refractivity contribution in [2.24, 2.45) is 15.7 Å². The first kappa shape index (κ1) is 35.2. The molecule has 4 nitrogen and oxygen atoms in total. The zero-order chi connectivity index (χ0) is 32.5. The highest BCUT2D eigenvalue weighted by molar-refractivity contribution is 7.98. The van der Waals surface area contributed by atoms with Gasteiger partial charge in [-0.25, -0.2) is 9.30 Å². The van der Waals surface area contributed by atoms with Crippen LogP contribution in [0.3, 0.4) is 0 Å². The van der Waals surface area contributed by atoms with Crippen molar-refractivity contribution in [2.45, 2.75) is 63.5 Å². The van der Waals surface area contributed by atoms with Gasteiger partial charge >= 0.3 is 6.18 Å². The standard InChI is InChI=1S/C33H34ClF3N4S.C2H6/c1-31(2,3)42-41(4)30(33(35,36)37)29(38)26-20-21-39-28(34)22-27(26)40-32(23-14-8-5-9-15-23,24-16-10-6-11-17-24)25-18-12-7-13-19-25;1-2/h5-19,21-22,30H,20,38H2,1-4H3;1-2H3/b29-26-,40-27?;. The molecule has 1 aliphatic heterocycles. The van der Waals surface area contributed by atoms with E-state index in [1.165, 1.54) is 23.6 Å². The Morgan fingerprint density at radius 3 is 1.68 bits per heavy atom. The van der Waals surface area contributed by atoms with Crippen LogP contribution in [0.15, 0.2) is 123 Å². The van der Waals surface area contributed by atoms with Crippen LogP contribution in [0.4, 0.5) is 13.2 Å². The van der Waals surface area contributed by atoms with Crippen molar-refractivity contribution < 1.29 is 13.2 Å². The highest BCUT2D eigenvalue weighted by atomic mass is 35.5. The minimum absolute atomic E-state index is 0.0203. The molecule has 9 heteroatoms. The smallest absolute Gasteiger partial charge is 0.400 e. The Balaban J connectivity index is 0.00000259. The SMILES string of the molecule is CC.CN(SC(C)(C)C)C(/C(N)=C1\CC=NC(Cl)=CC1=NC(c1ccccc1)(c1ccccc1)c1ccccc1)C(F)(F)F. The zero-order valence-electron chi connectivity index (χ0n) is 25.9. The lowest BCUT2D eigenvalue weighted by atomic mass is 9.77. The first-order valence-corrected chi connectivity index (χ1v) is 15.6. The lowest BCUT2D eigenvalue weighted by molar-refractivity contribution is -0.158. The average Bonchev–Trinajstić information content (AvgIpc) is 3.17. The Kier molecular flexibility index (Phi) is 12.1. The van der Waals surface area contributed by atoms with Crippen molar-refractivity contribution in [1.29, 1.82) is 0 Å². The van der Waals surface area contributed by atoms with Crippen molar-refractivity contribution >= 4 is 35.5 Å². The van der Waals surface area contributed by atoms with Gasteiger partial charge in [0.25, 0.3) is 0 Å². The van der Waals surface area contributed by atoms with Crippen molar-refractivity contribution in [3.8, 4) is 0 Å². The number of aliphatic imine (C=N–C) groups is 2. The number of nitrogens with two attached hydrogens (primary N) is 1. The molecule has 0 aliphatic carbocycles. The fraction of sp³-hybridized carbons (Fsp3) is 0.314. The van der Waals surface area contributed by atoms with Gasteiger partial charge in [-0.1, -0.05) is 128 Å². The van der Waals surface area contributed by atoms with Gasteiger partial charge in [0.05, 0.1) is 5.71 Å². The molecule has 3 aromatic carbocycles. The van der Waals surface area contributed by atoms with E-state index in [1.54, 1.807) is 0 Å². The highest BCUT2D eigenvalue weighted by Gasteiger charge is 2.47. The third-order valence-electron chi connectivity index (χ3n) is 6.67. The van der Waals surface area contributed by atoms with E-state index in [0.717, 1.165) is 28.6 Å². The van der Waals surface area contributed by atoms with Crippen LogP contribution in [0.2, 0.25) is 0 Å². The number of allylic oxidation sites excluding steroid dienone is 2. The van der Waals surface area contributed by atoms with E-state index >= 15 is 0 Å². The Labute approximate surface area is 268 Å². The van der Waals surface area contributed by atoms with Crippen molar-refractivity contribution in [2.75, 3.05) is 7.05 Å². The summed E-state index contributed by atoms with van der Waals surface area (Å²) in [5, 5.41) is 0.0978. The van der Waals surface area contributed by atoms with Crippen molar-refractivity contribution in [3.05, 3.63) is 130 Å². The van der Waals surface area contributed by atoms with Crippen LogP contribution in [-0.2, 0) is 5.54 Å². The minimum Gasteiger partial charge on any atom is -0.400 e. The molecule has 0 saturated carbocycles. The summed E-state index contributed by atoms with van der Waals surface area (Å²) in [5.41, 5.74) is 7.97. The molecule has 0 saturated heterocycles. The number of hydrogen-bond acceptors (Lipinski definition) is 5. The molecule has 44 heavy (non-hydrogen) atoms. The van der Waals surface area contributed by atoms with Gasteiger partial charge in [0, 0.05) is 34.7 Å². The molecule has 4 rings (SSSR count). The van der Waals surface area contributed by atoms with Gasteiger partial charge < -0.3 is 5.73 Å². The number of likely N-dealkylation sites (N-methyl/N-ethyl adjacent to an activating group) is 1. The third kappa shape index (κ3) is 8.43. The normalized spacial score (nSPS) is 17.0. The van der Waals surface area contributed by atoms with Gasteiger partial charge in [-0.15, -0.1) is 0 Å². The predicted molar refractivity (Wildman–Crippen MR) is 181 cm³/mol. The molecule has 1 atom stereocenters. The topological polar surface area (TPSA) is 54.0 Å². The lowest BCUT2D eigenvalue weighted by Crippen LogP contribution is -2.46. The summed E-state index contributed by atoms with van der Waals surface area (Å²) in [5.74, 6) is 0. The van der Waals surface area contributed by atoms with Crippen LogP contribution in [0.5, 0.6) is 0 Å². The number of alkyl halides is 3. The van der Waals surface area contributed by atoms with E-state index in [1.807, 2.05) is 126 Å². The molecule has 0 aromatic heterocycles. The number of halogens is 4. The van der Waals surface area contributed by atoms with E-state index < -0.39 is 22.5 Å². The van der Waals surface area contributed by atoms with Gasteiger partial charge in [-0.3, -0.25) is 4.99 Å². The van der Waals surface area contributed by atoms with E-state index in [4.69, 9.17) is 22.3 Å². The molecule has 3 aromatic rings. The zero-order valence-corrected chi connectivity index (χ0v) is 27.5. The molecular weight excluding hydrogens is 601 g/mol. The number of nitrogens with zero attached hydrogens (tertiary/aromatic N) is 3. The van der Waals surface area contributed by atoms with Crippen LogP contribution >= 0.6 is 23.5 Å². The number of benzene rings is 3. The van der Waals surface area contributed by atoms with Crippen LogP contribution in [0, 0.1) is 0 Å². The highest BCUT2D eigenvalue weighted by Crippen LogP contribution is 2.43. The fourth-order valence-corrected chi connectivity index (χ4v) is 6.45. The quantitative estimate of drug-likeness (QED) is 0.159. The summed E-state index contributed by atoms with van der Waals surface area (Å²) in [6.45, 7) is 9.56. The fourth-order valence-electron chi connectivity index (χ4n) is 5.07.